The van der Waals surface area contributed by atoms with Crippen LogP contribution in [-0.2, 0) is 0 Å². The van der Waals surface area contributed by atoms with Crippen molar-refractivity contribution in [1.29, 1.82) is 0 Å². The Kier molecular flexibility index (Phi) is 2.87. The summed E-state index contributed by atoms with van der Waals surface area (Å²) in [4.78, 5) is 0. The van der Waals surface area contributed by atoms with E-state index in [2.05, 4.69) is 0 Å². The summed E-state index contributed by atoms with van der Waals surface area (Å²) < 4.78 is 30.0. The number of rotatable bonds is 2. The van der Waals surface area contributed by atoms with Crippen LogP contribution in [0.3, 0.4) is 0 Å². The van der Waals surface area contributed by atoms with Crippen LogP contribution in [0.2, 0.25) is 0 Å². The summed E-state index contributed by atoms with van der Waals surface area (Å²) in [7, 11) is 0. The highest BCUT2D eigenvalue weighted by Crippen LogP contribution is 2.21. The molecule has 0 radical (unpaired) electrons. The summed E-state index contributed by atoms with van der Waals surface area (Å²) in [5.41, 5.74) is 0.523. The van der Waals surface area contributed by atoms with Crippen LogP contribution in [0.25, 0.3) is 0 Å². The molecule has 1 nitrogen and oxygen atoms in total. The quantitative estimate of drug-likeness (QED) is 0.655. The molecule has 0 saturated heterocycles. The zero-order valence-electron chi connectivity index (χ0n) is 6.40. The van der Waals surface area contributed by atoms with Gasteiger partial charge in [-0.15, -0.1) is 0 Å². The molecular formula is C8H7ClF2O. The van der Waals surface area contributed by atoms with E-state index >= 15 is 0 Å². The third kappa shape index (κ3) is 1.85. The van der Waals surface area contributed by atoms with Crippen LogP contribution in [0.15, 0.2) is 12.1 Å². The van der Waals surface area contributed by atoms with Crippen molar-refractivity contribution in [3.8, 4) is 5.75 Å². The maximum absolute atomic E-state index is 12.6. The summed E-state index contributed by atoms with van der Waals surface area (Å²) >= 11 is 5.26. The molecule has 0 aliphatic heterocycles. The highest BCUT2D eigenvalue weighted by Gasteiger charge is 2.06. The molecule has 0 saturated carbocycles. The minimum atomic E-state index is -0.930. The predicted molar refractivity (Wildman–Crippen MR) is 42.4 cm³/mol. The first-order valence-electron chi connectivity index (χ1n) is 3.29. The lowest BCUT2D eigenvalue weighted by molar-refractivity contribution is 0.378. The Morgan fingerprint density at radius 1 is 1.33 bits per heavy atom. The molecule has 66 valence electrons. The zero-order chi connectivity index (χ0) is 9.14. The van der Waals surface area contributed by atoms with Crippen molar-refractivity contribution in [2.75, 3.05) is 6.07 Å². The average molecular weight is 193 g/mol. The molecule has 0 spiro atoms. The SMILES string of the molecule is Cc1cc(F)c(F)cc1OCCl. The van der Waals surface area contributed by atoms with Gasteiger partial charge in [-0.1, -0.05) is 11.6 Å². The molecule has 12 heavy (non-hydrogen) atoms. The molecule has 1 aromatic rings. The maximum atomic E-state index is 12.6. The van der Waals surface area contributed by atoms with Crippen LogP contribution in [0.1, 0.15) is 5.56 Å². The van der Waals surface area contributed by atoms with Gasteiger partial charge in [-0.2, -0.15) is 0 Å². The van der Waals surface area contributed by atoms with Gasteiger partial charge in [0.15, 0.2) is 17.7 Å². The number of ether oxygens (including phenoxy) is 1. The summed E-state index contributed by atoms with van der Waals surface area (Å²) in [6.07, 6.45) is 0. The summed E-state index contributed by atoms with van der Waals surface area (Å²) in [5.74, 6) is -1.54. The van der Waals surface area contributed by atoms with Crippen molar-refractivity contribution >= 4 is 11.6 Å². The second-order valence-electron chi connectivity index (χ2n) is 2.29. The minimum Gasteiger partial charge on any atom is -0.478 e. The van der Waals surface area contributed by atoms with E-state index in [9.17, 15) is 8.78 Å². The van der Waals surface area contributed by atoms with Crippen LogP contribution < -0.4 is 4.74 Å². The Hall–Kier alpha value is -0.830. The number of alkyl halides is 1. The molecule has 0 aromatic heterocycles. The van der Waals surface area contributed by atoms with Gasteiger partial charge in [0.05, 0.1) is 0 Å². The van der Waals surface area contributed by atoms with E-state index in [1.165, 1.54) is 0 Å². The maximum Gasteiger partial charge on any atom is 0.162 e. The van der Waals surface area contributed by atoms with E-state index in [4.69, 9.17) is 16.3 Å². The second kappa shape index (κ2) is 3.72. The van der Waals surface area contributed by atoms with Crippen LogP contribution in [0.4, 0.5) is 8.78 Å². The van der Waals surface area contributed by atoms with E-state index in [1.807, 2.05) is 0 Å². The van der Waals surface area contributed by atoms with Gasteiger partial charge in [0.1, 0.15) is 5.75 Å². The topological polar surface area (TPSA) is 9.23 Å². The van der Waals surface area contributed by atoms with E-state index in [0.29, 0.717) is 5.56 Å². The Morgan fingerprint density at radius 3 is 2.50 bits per heavy atom. The molecule has 0 aliphatic rings. The first kappa shape index (κ1) is 9.26. The van der Waals surface area contributed by atoms with Crippen LogP contribution in [-0.4, -0.2) is 6.07 Å². The molecule has 0 aliphatic carbocycles. The summed E-state index contributed by atoms with van der Waals surface area (Å²) in [6, 6.07) is 1.97. The molecule has 0 unspecified atom stereocenters. The molecule has 1 aromatic carbocycles. The fraction of sp³-hybridized carbons (Fsp3) is 0.250. The number of aryl methyl sites for hydroxylation is 1. The highest BCUT2D eigenvalue weighted by molar-refractivity contribution is 6.17. The fourth-order valence-corrected chi connectivity index (χ4v) is 0.960. The molecule has 0 amide bonds. The lowest BCUT2D eigenvalue weighted by Crippen LogP contribution is -1.94. The molecule has 0 atom stereocenters. The number of halogens is 3. The lowest BCUT2D eigenvalue weighted by Gasteiger charge is -2.05. The average Bonchev–Trinajstić information content (AvgIpc) is 2.01. The Labute approximate surface area is 73.9 Å². The summed E-state index contributed by atoms with van der Waals surface area (Å²) in [5, 5.41) is 0. The van der Waals surface area contributed by atoms with Crippen LogP contribution >= 0.6 is 11.6 Å². The van der Waals surface area contributed by atoms with Gasteiger partial charge in [0.25, 0.3) is 0 Å². The molecule has 0 heterocycles. The second-order valence-corrected chi connectivity index (χ2v) is 2.50. The normalized spacial score (nSPS) is 10.0. The zero-order valence-corrected chi connectivity index (χ0v) is 7.16. The van der Waals surface area contributed by atoms with Crippen LogP contribution in [0.5, 0.6) is 5.75 Å². The van der Waals surface area contributed by atoms with E-state index in [-0.39, 0.29) is 11.8 Å². The van der Waals surface area contributed by atoms with Crippen molar-refractivity contribution in [2.45, 2.75) is 6.92 Å². The van der Waals surface area contributed by atoms with Gasteiger partial charge in [-0.25, -0.2) is 8.78 Å². The minimum absolute atomic E-state index is 0.0775. The molecule has 0 N–H and O–H groups in total. The van der Waals surface area contributed by atoms with Crippen LogP contribution in [0, 0.1) is 18.6 Å². The van der Waals surface area contributed by atoms with Gasteiger partial charge in [-0.3, -0.25) is 0 Å². The number of benzene rings is 1. The first-order chi connectivity index (χ1) is 5.65. The first-order valence-corrected chi connectivity index (χ1v) is 3.83. The van der Waals surface area contributed by atoms with Crippen molar-refractivity contribution in [1.82, 2.24) is 0 Å². The molecule has 0 bridgehead atoms. The number of hydrogen-bond acceptors (Lipinski definition) is 1. The standard InChI is InChI=1S/C8H7ClF2O/c1-5-2-6(10)7(11)3-8(5)12-4-9/h2-3H,4H2,1H3. The van der Waals surface area contributed by atoms with Gasteiger partial charge in [0.2, 0.25) is 0 Å². The Balaban J connectivity index is 3.05. The van der Waals surface area contributed by atoms with Crippen molar-refractivity contribution in [2.24, 2.45) is 0 Å². The van der Waals surface area contributed by atoms with Gasteiger partial charge in [0, 0.05) is 6.07 Å². The number of hydrogen-bond donors (Lipinski definition) is 0. The fourth-order valence-electron chi connectivity index (χ4n) is 0.842. The molecular weight excluding hydrogens is 186 g/mol. The largest absolute Gasteiger partial charge is 0.478 e. The van der Waals surface area contributed by atoms with Gasteiger partial charge in [-0.05, 0) is 18.6 Å². The van der Waals surface area contributed by atoms with Gasteiger partial charge < -0.3 is 4.74 Å². The van der Waals surface area contributed by atoms with Gasteiger partial charge >= 0.3 is 0 Å². The molecule has 0 fully saturated rings. The third-order valence-electron chi connectivity index (χ3n) is 1.43. The van der Waals surface area contributed by atoms with Crippen molar-refractivity contribution in [3.05, 3.63) is 29.3 Å². The van der Waals surface area contributed by atoms with E-state index in [1.54, 1.807) is 6.92 Å². The Bertz CT molecular complexity index is 289. The molecule has 4 heteroatoms. The monoisotopic (exact) mass is 192 g/mol. The predicted octanol–water partition coefficient (Wildman–Crippen LogP) is 2.85. The highest BCUT2D eigenvalue weighted by atomic mass is 35.5. The van der Waals surface area contributed by atoms with Crippen molar-refractivity contribution < 1.29 is 13.5 Å². The van der Waals surface area contributed by atoms with E-state index in [0.717, 1.165) is 12.1 Å². The summed E-state index contributed by atoms with van der Waals surface area (Å²) in [6.45, 7) is 1.62. The molecule has 1 rings (SSSR count). The smallest absolute Gasteiger partial charge is 0.162 e. The Morgan fingerprint density at radius 2 is 1.92 bits per heavy atom. The van der Waals surface area contributed by atoms with E-state index < -0.39 is 11.6 Å². The van der Waals surface area contributed by atoms with Crippen molar-refractivity contribution in [3.63, 3.8) is 0 Å². The third-order valence-corrected chi connectivity index (χ3v) is 1.54. The lowest BCUT2D eigenvalue weighted by atomic mass is 10.2.